The molecule has 33 heavy (non-hydrogen) atoms. The molecule has 1 atom stereocenters. The fourth-order valence-corrected chi connectivity index (χ4v) is 4.55. The standard InChI is InChI=1S/C24H32BrN3O4S/c1-17(2)14-26-24(30)19(4)27(15-20-9-7-10-21(25)13-20)23(29)16-28(33(5,31)32)22-11-6-8-18(3)12-22/h6-13,17,19H,14-16H2,1-5H3,(H,26,30). The number of anilines is 1. The Bertz CT molecular complexity index is 1090. The summed E-state index contributed by atoms with van der Waals surface area (Å²) in [6.45, 7) is 7.73. The lowest BCUT2D eigenvalue weighted by Gasteiger charge is -2.31. The maximum Gasteiger partial charge on any atom is 0.244 e. The van der Waals surface area contributed by atoms with Gasteiger partial charge in [-0.25, -0.2) is 8.42 Å². The van der Waals surface area contributed by atoms with E-state index in [2.05, 4.69) is 21.2 Å². The quantitative estimate of drug-likeness (QED) is 0.500. The van der Waals surface area contributed by atoms with Gasteiger partial charge in [0.05, 0.1) is 11.9 Å². The van der Waals surface area contributed by atoms with E-state index in [0.29, 0.717) is 12.2 Å². The highest BCUT2D eigenvalue weighted by molar-refractivity contribution is 9.10. The molecule has 0 saturated carbocycles. The van der Waals surface area contributed by atoms with Gasteiger partial charge in [-0.05, 0) is 55.2 Å². The van der Waals surface area contributed by atoms with Crippen molar-refractivity contribution < 1.29 is 18.0 Å². The predicted octanol–water partition coefficient (Wildman–Crippen LogP) is 3.71. The van der Waals surface area contributed by atoms with Crippen molar-refractivity contribution in [1.82, 2.24) is 10.2 Å². The maximum atomic E-state index is 13.5. The van der Waals surface area contributed by atoms with Gasteiger partial charge < -0.3 is 10.2 Å². The first-order valence-electron chi connectivity index (χ1n) is 10.7. The van der Waals surface area contributed by atoms with E-state index in [-0.39, 0.29) is 18.4 Å². The second-order valence-electron chi connectivity index (χ2n) is 8.58. The zero-order valence-electron chi connectivity index (χ0n) is 19.7. The molecule has 2 aromatic carbocycles. The van der Waals surface area contributed by atoms with Crippen LogP contribution in [0.2, 0.25) is 0 Å². The number of amides is 2. The van der Waals surface area contributed by atoms with Crippen molar-refractivity contribution in [3.05, 3.63) is 64.1 Å². The van der Waals surface area contributed by atoms with Crippen LogP contribution in [0.25, 0.3) is 0 Å². The van der Waals surface area contributed by atoms with Gasteiger partial charge >= 0.3 is 0 Å². The van der Waals surface area contributed by atoms with Gasteiger partial charge in [0.25, 0.3) is 0 Å². The van der Waals surface area contributed by atoms with Crippen LogP contribution in [0.4, 0.5) is 5.69 Å². The number of carbonyl (C=O) groups excluding carboxylic acids is 2. The molecule has 0 heterocycles. The number of hydrogen-bond acceptors (Lipinski definition) is 4. The topological polar surface area (TPSA) is 86.8 Å². The monoisotopic (exact) mass is 537 g/mol. The molecule has 0 aliphatic rings. The van der Waals surface area contributed by atoms with Crippen molar-refractivity contribution in [3.8, 4) is 0 Å². The van der Waals surface area contributed by atoms with Gasteiger partial charge in [0.15, 0.2) is 0 Å². The van der Waals surface area contributed by atoms with Gasteiger partial charge in [-0.15, -0.1) is 0 Å². The average molecular weight is 539 g/mol. The Hall–Kier alpha value is -2.39. The minimum absolute atomic E-state index is 0.167. The Morgan fingerprint density at radius 3 is 2.30 bits per heavy atom. The fraction of sp³-hybridized carbons (Fsp3) is 0.417. The van der Waals surface area contributed by atoms with E-state index < -0.39 is 28.5 Å². The third-order valence-electron chi connectivity index (χ3n) is 5.06. The average Bonchev–Trinajstić information content (AvgIpc) is 2.72. The number of nitrogens with one attached hydrogen (secondary N) is 1. The van der Waals surface area contributed by atoms with E-state index in [0.717, 1.165) is 26.2 Å². The molecular weight excluding hydrogens is 506 g/mol. The summed E-state index contributed by atoms with van der Waals surface area (Å²) in [7, 11) is -3.73. The van der Waals surface area contributed by atoms with Crippen molar-refractivity contribution in [2.45, 2.75) is 40.3 Å². The number of rotatable bonds is 10. The zero-order valence-corrected chi connectivity index (χ0v) is 22.1. The molecule has 2 aromatic rings. The van der Waals surface area contributed by atoms with Gasteiger partial charge in [-0.1, -0.05) is 54.0 Å². The molecule has 0 fully saturated rings. The highest BCUT2D eigenvalue weighted by Gasteiger charge is 2.30. The van der Waals surface area contributed by atoms with E-state index in [4.69, 9.17) is 0 Å². The molecular formula is C24H32BrN3O4S. The third kappa shape index (κ3) is 8.16. The summed E-state index contributed by atoms with van der Waals surface area (Å²) >= 11 is 3.43. The van der Waals surface area contributed by atoms with Gasteiger partial charge in [0, 0.05) is 17.6 Å². The zero-order chi connectivity index (χ0) is 24.8. The summed E-state index contributed by atoms with van der Waals surface area (Å²) in [5.41, 5.74) is 2.11. The molecule has 2 amide bonds. The third-order valence-corrected chi connectivity index (χ3v) is 6.70. The lowest BCUT2D eigenvalue weighted by atomic mass is 10.1. The number of nitrogens with zero attached hydrogens (tertiary/aromatic N) is 2. The molecule has 2 rings (SSSR count). The molecule has 1 N–H and O–H groups in total. The smallest absolute Gasteiger partial charge is 0.244 e. The van der Waals surface area contributed by atoms with Crippen molar-refractivity contribution in [1.29, 1.82) is 0 Å². The Labute approximate surface area is 205 Å². The van der Waals surface area contributed by atoms with E-state index in [1.54, 1.807) is 25.1 Å². The van der Waals surface area contributed by atoms with Gasteiger partial charge in [0.2, 0.25) is 21.8 Å². The maximum absolute atomic E-state index is 13.5. The number of hydrogen-bond donors (Lipinski definition) is 1. The molecule has 0 aromatic heterocycles. The number of carbonyl (C=O) groups is 2. The molecule has 0 aliphatic heterocycles. The van der Waals surface area contributed by atoms with Crippen molar-refractivity contribution in [2.24, 2.45) is 5.92 Å². The second kappa shape index (κ2) is 11.7. The van der Waals surface area contributed by atoms with Crippen molar-refractivity contribution >= 4 is 43.5 Å². The van der Waals surface area contributed by atoms with Crippen LogP contribution >= 0.6 is 15.9 Å². The highest BCUT2D eigenvalue weighted by atomic mass is 79.9. The predicted molar refractivity (Wildman–Crippen MR) is 135 cm³/mol. The van der Waals surface area contributed by atoms with Gasteiger partial charge in [0.1, 0.15) is 12.6 Å². The van der Waals surface area contributed by atoms with Crippen LogP contribution in [0.15, 0.2) is 53.0 Å². The van der Waals surface area contributed by atoms with E-state index in [1.807, 2.05) is 51.1 Å². The molecule has 180 valence electrons. The van der Waals surface area contributed by atoms with Crippen molar-refractivity contribution in [2.75, 3.05) is 23.7 Å². The van der Waals surface area contributed by atoms with Crippen LogP contribution in [0.1, 0.15) is 31.9 Å². The molecule has 0 saturated heterocycles. The summed E-state index contributed by atoms with van der Waals surface area (Å²) in [6, 6.07) is 13.6. The van der Waals surface area contributed by atoms with Gasteiger partial charge in [-0.2, -0.15) is 0 Å². The Morgan fingerprint density at radius 2 is 1.73 bits per heavy atom. The van der Waals surface area contributed by atoms with E-state index in [9.17, 15) is 18.0 Å². The molecule has 0 spiro atoms. The SMILES string of the molecule is Cc1cccc(N(CC(=O)N(Cc2cccc(Br)c2)C(C)C(=O)NCC(C)C)S(C)(=O)=O)c1. The Kier molecular flexibility index (Phi) is 9.48. The lowest BCUT2D eigenvalue weighted by molar-refractivity contribution is -0.139. The lowest BCUT2D eigenvalue weighted by Crippen LogP contribution is -2.51. The fourth-order valence-electron chi connectivity index (χ4n) is 3.26. The molecule has 0 radical (unpaired) electrons. The highest BCUT2D eigenvalue weighted by Crippen LogP contribution is 2.21. The van der Waals surface area contributed by atoms with Crippen LogP contribution in [0, 0.1) is 12.8 Å². The molecule has 0 aliphatic carbocycles. The molecule has 7 nitrogen and oxygen atoms in total. The number of aryl methyl sites for hydroxylation is 1. The summed E-state index contributed by atoms with van der Waals surface area (Å²) in [4.78, 5) is 27.7. The number of halogens is 1. The molecule has 1 unspecified atom stereocenters. The summed E-state index contributed by atoms with van der Waals surface area (Å²) in [5.74, 6) is -0.486. The van der Waals surface area contributed by atoms with Crippen LogP contribution < -0.4 is 9.62 Å². The Morgan fingerprint density at radius 1 is 1.06 bits per heavy atom. The molecule has 0 bridgehead atoms. The summed E-state index contributed by atoms with van der Waals surface area (Å²) < 4.78 is 27.0. The second-order valence-corrected chi connectivity index (χ2v) is 11.4. The van der Waals surface area contributed by atoms with Crippen LogP contribution in [-0.2, 0) is 26.2 Å². The molecule has 9 heteroatoms. The minimum atomic E-state index is -3.73. The van der Waals surface area contributed by atoms with Gasteiger partial charge in [-0.3, -0.25) is 13.9 Å². The normalized spacial score (nSPS) is 12.3. The van der Waals surface area contributed by atoms with Crippen LogP contribution in [0.5, 0.6) is 0 Å². The first kappa shape index (κ1) is 26.9. The van der Waals surface area contributed by atoms with Crippen molar-refractivity contribution in [3.63, 3.8) is 0 Å². The number of benzene rings is 2. The minimum Gasteiger partial charge on any atom is -0.354 e. The summed E-state index contributed by atoms with van der Waals surface area (Å²) in [6.07, 6.45) is 1.07. The first-order valence-corrected chi connectivity index (χ1v) is 13.4. The first-order chi connectivity index (χ1) is 15.4. The van der Waals surface area contributed by atoms with Crippen LogP contribution in [0.3, 0.4) is 0 Å². The van der Waals surface area contributed by atoms with E-state index >= 15 is 0 Å². The van der Waals surface area contributed by atoms with E-state index in [1.165, 1.54) is 4.90 Å². The van der Waals surface area contributed by atoms with Crippen LogP contribution in [-0.4, -0.2) is 50.5 Å². The summed E-state index contributed by atoms with van der Waals surface area (Å²) in [5, 5.41) is 2.86. The Balaban J connectivity index is 2.36. The largest absolute Gasteiger partial charge is 0.354 e. The number of sulfonamides is 1.